The predicted octanol–water partition coefficient (Wildman–Crippen LogP) is 6.21. The highest BCUT2D eigenvalue weighted by Crippen LogP contribution is 2.28. The zero-order valence-electron chi connectivity index (χ0n) is 22.8. The zero-order chi connectivity index (χ0) is 27.3. The normalized spacial score (nSPS) is 12.2. The molecule has 0 aliphatic heterocycles. The number of hydrogen-bond acceptors (Lipinski definition) is 4. The van der Waals surface area contributed by atoms with Gasteiger partial charge in [-0.05, 0) is 86.2 Å². The topological polar surface area (TPSA) is 80.4 Å². The van der Waals surface area contributed by atoms with Crippen LogP contribution in [0.2, 0.25) is 0 Å². The van der Waals surface area contributed by atoms with Crippen molar-refractivity contribution >= 4 is 22.8 Å². The number of benzene rings is 3. The molecule has 198 valence electrons. The van der Waals surface area contributed by atoms with Gasteiger partial charge in [-0.15, -0.1) is 0 Å². The van der Waals surface area contributed by atoms with Crippen molar-refractivity contribution in [2.45, 2.75) is 58.6 Å². The molecule has 0 aliphatic rings. The lowest BCUT2D eigenvalue weighted by Crippen LogP contribution is -2.31. The van der Waals surface area contributed by atoms with Gasteiger partial charge in [-0.3, -0.25) is 9.59 Å². The molecule has 1 atom stereocenters. The highest BCUT2D eigenvalue weighted by molar-refractivity contribution is 5.86. The van der Waals surface area contributed by atoms with Gasteiger partial charge in [-0.2, -0.15) is 0 Å². The van der Waals surface area contributed by atoms with E-state index in [4.69, 9.17) is 9.47 Å². The second kappa shape index (κ2) is 11.5. The average molecular weight is 513 g/mol. The van der Waals surface area contributed by atoms with Crippen LogP contribution in [0.25, 0.3) is 10.9 Å². The van der Waals surface area contributed by atoms with Crippen molar-refractivity contribution in [2.75, 3.05) is 7.11 Å². The van der Waals surface area contributed by atoms with Crippen molar-refractivity contribution in [3.8, 4) is 5.75 Å². The quantitative estimate of drug-likeness (QED) is 0.261. The highest BCUT2D eigenvalue weighted by atomic mass is 16.6. The number of H-pyrrole nitrogens is 1. The lowest BCUT2D eigenvalue weighted by molar-refractivity contribution is -0.154. The van der Waals surface area contributed by atoms with Crippen LogP contribution < -0.4 is 10.1 Å². The van der Waals surface area contributed by atoms with Gasteiger partial charge in [0, 0.05) is 23.5 Å². The van der Waals surface area contributed by atoms with E-state index in [1.165, 1.54) is 0 Å². The molecule has 0 saturated heterocycles. The van der Waals surface area contributed by atoms with E-state index >= 15 is 0 Å². The third kappa shape index (κ3) is 6.82. The number of hydrogen-bond donors (Lipinski definition) is 2. The van der Waals surface area contributed by atoms with Crippen molar-refractivity contribution < 1.29 is 19.1 Å². The molecular formula is C32H36N2O4. The maximum Gasteiger partial charge on any atom is 0.306 e. The van der Waals surface area contributed by atoms with E-state index in [-0.39, 0.29) is 24.3 Å². The predicted molar refractivity (Wildman–Crippen MR) is 150 cm³/mol. The van der Waals surface area contributed by atoms with Crippen LogP contribution in [-0.2, 0) is 27.2 Å². The highest BCUT2D eigenvalue weighted by Gasteiger charge is 2.20. The number of aromatic amines is 1. The number of carbonyl (C=O) groups excluding carboxylic acids is 2. The van der Waals surface area contributed by atoms with Gasteiger partial charge in [0.05, 0.1) is 19.6 Å². The van der Waals surface area contributed by atoms with Crippen LogP contribution in [0.1, 0.15) is 61.1 Å². The first kappa shape index (κ1) is 27.0. The monoisotopic (exact) mass is 512 g/mol. The van der Waals surface area contributed by atoms with E-state index in [1.54, 1.807) is 7.11 Å². The molecular weight excluding hydrogens is 476 g/mol. The minimum atomic E-state index is -0.500. The van der Waals surface area contributed by atoms with Gasteiger partial charge < -0.3 is 19.8 Å². The fourth-order valence-corrected chi connectivity index (χ4v) is 4.65. The molecule has 6 heteroatoms. The van der Waals surface area contributed by atoms with E-state index in [0.717, 1.165) is 44.5 Å². The molecule has 1 aromatic heterocycles. The number of carbonyl (C=O) groups is 2. The number of amides is 1. The van der Waals surface area contributed by atoms with Gasteiger partial charge in [0.1, 0.15) is 11.4 Å². The molecule has 38 heavy (non-hydrogen) atoms. The van der Waals surface area contributed by atoms with E-state index in [2.05, 4.69) is 10.3 Å². The van der Waals surface area contributed by atoms with Crippen LogP contribution in [-0.4, -0.2) is 29.6 Å². The number of ether oxygens (including phenoxy) is 2. The summed E-state index contributed by atoms with van der Waals surface area (Å²) in [4.78, 5) is 28.8. The summed E-state index contributed by atoms with van der Waals surface area (Å²) in [6.45, 7) is 7.63. The first-order chi connectivity index (χ1) is 18.1. The summed E-state index contributed by atoms with van der Waals surface area (Å²) < 4.78 is 10.8. The van der Waals surface area contributed by atoms with E-state index in [1.807, 2.05) is 101 Å². The zero-order valence-corrected chi connectivity index (χ0v) is 22.8. The Balaban J connectivity index is 1.51. The second-order valence-corrected chi connectivity index (χ2v) is 10.6. The first-order valence-corrected chi connectivity index (χ1v) is 12.9. The molecule has 0 fully saturated rings. The lowest BCUT2D eigenvalue weighted by atomic mass is 9.94. The minimum Gasteiger partial charge on any atom is -0.497 e. The van der Waals surface area contributed by atoms with Gasteiger partial charge in [-0.1, -0.05) is 42.5 Å². The van der Waals surface area contributed by atoms with Crippen LogP contribution in [0.15, 0.2) is 72.9 Å². The van der Waals surface area contributed by atoms with E-state index in [9.17, 15) is 9.59 Å². The lowest BCUT2D eigenvalue weighted by Gasteiger charge is -2.22. The Morgan fingerprint density at radius 3 is 2.45 bits per heavy atom. The summed E-state index contributed by atoms with van der Waals surface area (Å²) in [6.07, 6.45) is 3.04. The molecule has 0 bridgehead atoms. The Morgan fingerprint density at radius 1 is 1.00 bits per heavy atom. The molecule has 0 saturated carbocycles. The van der Waals surface area contributed by atoms with Gasteiger partial charge in [0.25, 0.3) is 0 Å². The third-order valence-electron chi connectivity index (χ3n) is 6.44. The summed E-state index contributed by atoms with van der Waals surface area (Å²) in [6, 6.07) is 21.6. The number of methoxy groups -OCH3 is 1. The van der Waals surface area contributed by atoms with E-state index in [0.29, 0.717) is 12.8 Å². The molecule has 1 amide bonds. The van der Waals surface area contributed by atoms with Gasteiger partial charge in [0.2, 0.25) is 5.91 Å². The third-order valence-corrected chi connectivity index (χ3v) is 6.44. The van der Waals surface area contributed by atoms with Gasteiger partial charge in [0.15, 0.2) is 0 Å². The van der Waals surface area contributed by atoms with Crippen molar-refractivity contribution in [1.29, 1.82) is 0 Å². The Morgan fingerprint density at radius 2 is 1.76 bits per heavy atom. The maximum atomic E-state index is 13.3. The smallest absolute Gasteiger partial charge is 0.306 e. The molecule has 2 N–H and O–H groups in total. The molecule has 4 rings (SSSR count). The minimum absolute atomic E-state index is 0.0701. The molecule has 3 aromatic carbocycles. The number of aryl methyl sites for hydroxylation is 2. The van der Waals surface area contributed by atoms with Crippen LogP contribution in [0.5, 0.6) is 5.75 Å². The van der Waals surface area contributed by atoms with Gasteiger partial charge >= 0.3 is 5.97 Å². The standard InChI is InChI=1S/C32H36N2O4/c1-21-17-25(37-5)13-14-26(21)31(23-9-7-6-8-10-23)34-29(35)19-22-11-15-28-27(18-22)24(20-33-28)12-16-30(36)38-32(2,3)4/h6-11,13-15,17-18,20,31,33H,12,16,19H2,1-5H3,(H,34,35). The largest absolute Gasteiger partial charge is 0.497 e. The molecule has 1 unspecified atom stereocenters. The Hall–Kier alpha value is -4.06. The Kier molecular flexibility index (Phi) is 8.20. The summed E-state index contributed by atoms with van der Waals surface area (Å²) in [7, 11) is 1.65. The molecule has 1 heterocycles. The number of fused-ring (bicyclic) bond motifs is 1. The molecule has 0 aliphatic carbocycles. The average Bonchev–Trinajstić information content (AvgIpc) is 3.28. The van der Waals surface area contributed by atoms with Crippen molar-refractivity contribution in [1.82, 2.24) is 10.3 Å². The van der Waals surface area contributed by atoms with Crippen LogP contribution in [0.3, 0.4) is 0 Å². The molecule has 4 aromatic rings. The number of esters is 1. The molecule has 6 nitrogen and oxygen atoms in total. The summed E-state index contributed by atoms with van der Waals surface area (Å²) in [5, 5.41) is 4.26. The Labute approximate surface area is 224 Å². The summed E-state index contributed by atoms with van der Waals surface area (Å²) in [5.41, 5.74) is 5.50. The van der Waals surface area contributed by atoms with Crippen LogP contribution in [0, 0.1) is 6.92 Å². The number of rotatable bonds is 9. The first-order valence-electron chi connectivity index (χ1n) is 12.9. The fraction of sp³-hybridized carbons (Fsp3) is 0.312. The van der Waals surface area contributed by atoms with Gasteiger partial charge in [-0.25, -0.2) is 0 Å². The van der Waals surface area contributed by atoms with E-state index < -0.39 is 5.60 Å². The van der Waals surface area contributed by atoms with Crippen LogP contribution in [0.4, 0.5) is 0 Å². The summed E-state index contributed by atoms with van der Waals surface area (Å²) in [5.74, 6) is 0.495. The number of aromatic nitrogens is 1. The van der Waals surface area contributed by atoms with Crippen molar-refractivity contribution in [3.63, 3.8) is 0 Å². The molecule has 0 radical (unpaired) electrons. The fourth-order valence-electron chi connectivity index (χ4n) is 4.65. The Bertz CT molecular complexity index is 1420. The maximum absolute atomic E-state index is 13.3. The molecule has 0 spiro atoms. The van der Waals surface area contributed by atoms with Crippen LogP contribution >= 0.6 is 0 Å². The van der Waals surface area contributed by atoms with Crippen molar-refractivity contribution in [3.05, 3.63) is 101 Å². The van der Waals surface area contributed by atoms with Crippen molar-refractivity contribution in [2.24, 2.45) is 0 Å². The SMILES string of the molecule is COc1ccc(C(NC(=O)Cc2ccc3[nH]cc(CCC(=O)OC(C)(C)C)c3c2)c2ccccc2)c(C)c1. The number of nitrogens with one attached hydrogen (secondary N) is 2. The second-order valence-electron chi connectivity index (χ2n) is 10.6. The summed E-state index contributed by atoms with van der Waals surface area (Å²) >= 11 is 0.